The molecule has 2 aliphatic rings. The number of benzene rings is 1. The van der Waals surface area contributed by atoms with Crippen LogP contribution in [0.3, 0.4) is 0 Å². The average molecular weight is 398 g/mol. The van der Waals surface area contributed by atoms with Gasteiger partial charge in [0.1, 0.15) is 6.04 Å². The van der Waals surface area contributed by atoms with Crippen LogP contribution in [0.1, 0.15) is 37.7 Å². The highest BCUT2D eigenvalue weighted by atomic mass is 16.2. The van der Waals surface area contributed by atoms with Gasteiger partial charge in [-0.2, -0.15) is 0 Å². The molecule has 0 bridgehead atoms. The van der Waals surface area contributed by atoms with E-state index in [-0.39, 0.29) is 24.8 Å². The van der Waals surface area contributed by atoms with Gasteiger partial charge in [0, 0.05) is 32.6 Å². The van der Waals surface area contributed by atoms with Gasteiger partial charge in [-0.15, -0.1) is 0 Å². The van der Waals surface area contributed by atoms with E-state index < -0.39 is 17.3 Å². The zero-order chi connectivity index (χ0) is 20.5. The molecule has 0 saturated carbocycles. The first-order valence-electron chi connectivity index (χ1n) is 10.3. The van der Waals surface area contributed by atoms with Crippen molar-refractivity contribution in [2.45, 2.75) is 51.6 Å². The highest BCUT2D eigenvalue weighted by molar-refractivity contribution is 5.88. The number of amides is 2. The summed E-state index contributed by atoms with van der Waals surface area (Å²) in [7, 11) is 0. The molecule has 0 radical (unpaired) electrons. The molecular weight excluding hydrogens is 372 g/mol. The molecule has 2 amide bonds. The lowest BCUT2D eigenvalue weighted by molar-refractivity contribution is -0.143. The maximum atomic E-state index is 12.8. The van der Waals surface area contributed by atoms with E-state index in [1.807, 2.05) is 17.9 Å². The number of H-pyrrole nitrogens is 1. The monoisotopic (exact) mass is 398 g/mol. The maximum absolute atomic E-state index is 12.8. The number of carbonyl (C=O) groups excluding carboxylic acids is 2. The number of carbonyl (C=O) groups is 2. The lowest BCUT2D eigenvalue weighted by Gasteiger charge is -2.27. The van der Waals surface area contributed by atoms with Crippen LogP contribution in [0.25, 0.3) is 10.9 Å². The van der Waals surface area contributed by atoms with Gasteiger partial charge in [0.05, 0.1) is 10.9 Å². The Balaban J connectivity index is 1.50. The number of aromatic nitrogens is 2. The fraction of sp³-hybridized carbons (Fsp3) is 0.524. The molecule has 8 heteroatoms. The second-order valence-electron chi connectivity index (χ2n) is 7.96. The van der Waals surface area contributed by atoms with E-state index in [2.05, 4.69) is 4.98 Å². The number of nitrogens with one attached hydrogen (secondary N) is 1. The van der Waals surface area contributed by atoms with Gasteiger partial charge in [-0.3, -0.25) is 19.0 Å². The molecule has 0 unspecified atom stereocenters. The predicted molar refractivity (Wildman–Crippen MR) is 109 cm³/mol. The Bertz CT molecular complexity index is 1060. The second kappa shape index (κ2) is 7.85. The summed E-state index contributed by atoms with van der Waals surface area (Å²) in [6, 6.07) is 4.87. The Labute approximate surface area is 168 Å². The first-order chi connectivity index (χ1) is 14.0. The van der Waals surface area contributed by atoms with Crippen molar-refractivity contribution in [1.29, 1.82) is 0 Å². The second-order valence-corrected chi connectivity index (χ2v) is 7.96. The Hall–Kier alpha value is -2.90. The zero-order valence-electron chi connectivity index (χ0n) is 16.6. The standard InChI is InChI=1S/C21H26N4O4/c1-14-6-7-16-15(13-14)19(27)25(21(29)22-16)12-8-18(26)24-11-4-5-17(24)20(28)23-9-2-3-10-23/h6-7,13,17H,2-5,8-12H2,1H3,(H,22,29)/t17-/m0/s1. The van der Waals surface area contributed by atoms with Crippen LogP contribution in [0.4, 0.5) is 0 Å². The largest absolute Gasteiger partial charge is 0.341 e. The molecule has 1 N–H and O–H groups in total. The van der Waals surface area contributed by atoms with Crippen LogP contribution in [0.2, 0.25) is 0 Å². The van der Waals surface area contributed by atoms with Crippen molar-refractivity contribution in [1.82, 2.24) is 19.4 Å². The predicted octanol–water partition coefficient (Wildman–Crippen LogP) is 1.00. The summed E-state index contributed by atoms with van der Waals surface area (Å²) in [5, 5.41) is 0.431. The summed E-state index contributed by atoms with van der Waals surface area (Å²) in [5.74, 6) is -0.153. The van der Waals surface area contributed by atoms with Crippen molar-refractivity contribution in [3.8, 4) is 0 Å². The topological polar surface area (TPSA) is 95.5 Å². The Kier molecular flexibility index (Phi) is 5.25. The van der Waals surface area contributed by atoms with Crippen LogP contribution in [0.5, 0.6) is 0 Å². The van der Waals surface area contributed by atoms with Crippen LogP contribution < -0.4 is 11.2 Å². The highest BCUT2D eigenvalue weighted by Gasteiger charge is 2.36. The van der Waals surface area contributed by atoms with Gasteiger partial charge < -0.3 is 14.8 Å². The van der Waals surface area contributed by atoms with Crippen molar-refractivity contribution in [2.75, 3.05) is 19.6 Å². The smallest absolute Gasteiger partial charge is 0.328 e. The zero-order valence-corrected chi connectivity index (χ0v) is 16.6. The number of fused-ring (bicyclic) bond motifs is 1. The lowest BCUT2D eigenvalue weighted by atomic mass is 10.1. The van der Waals surface area contributed by atoms with E-state index in [0.29, 0.717) is 23.9 Å². The fourth-order valence-electron chi connectivity index (χ4n) is 4.39. The van der Waals surface area contributed by atoms with Gasteiger partial charge in [-0.25, -0.2) is 4.79 Å². The number of likely N-dealkylation sites (tertiary alicyclic amines) is 2. The number of rotatable bonds is 4. The average Bonchev–Trinajstić information content (AvgIpc) is 3.40. The summed E-state index contributed by atoms with van der Waals surface area (Å²) in [5.41, 5.74) is 0.491. The van der Waals surface area contributed by atoms with E-state index in [0.717, 1.165) is 42.5 Å². The number of nitrogens with zero attached hydrogens (tertiary/aromatic N) is 3. The molecule has 2 aliphatic heterocycles. The minimum Gasteiger partial charge on any atom is -0.341 e. The van der Waals surface area contributed by atoms with E-state index in [9.17, 15) is 19.2 Å². The van der Waals surface area contributed by atoms with Gasteiger partial charge >= 0.3 is 5.69 Å². The number of aromatic amines is 1. The van der Waals surface area contributed by atoms with Crippen molar-refractivity contribution in [2.24, 2.45) is 0 Å². The third-order valence-electron chi connectivity index (χ3n) is 5.96. The fourth-order valence-corrected chi connectivity index (χ4v) is 4.39. The van der Waals surface area contributed by atoms with Crippen LogP contribution >= 0.6 is 0 Å². The van der Waals surface area contributed by atoms with E-state index in [1.54, 1.807) is 17.0 Å². The number of aryl methyl sites for hydroxylation is 1. The molecule has 1 atom stereocenters. The van der Waals surface area contributed by atoms with E-state index >= 15 is 0 Å². The molecule has 29 heavy (non-hydrogen) atoms. The molecule has 3 heterocycles. The molecule has 2 aromatic rings. The maximum Gasteiger partial charge on any atom is 0.328 e. The Morgan fingerprint density at radius 3 is 2.62 bits per heavy atom. The SMILES string of the molecule is Cc1ccc2[nH]c(=O)n(CCC(=O)N3CCC[C@H]3C(=O)N3CCCC3)c(=O)c2c1. The summed E-state index contributed by atoms with van der Waals surface area (Å²) in [6.07, 6.45) is 3.52. The molecular formula is C21H26N4O4. The number of hydrogen-bond donors (Lipinski definition) is 1. The first kappa shape index (κ1) is 19.4. The minimum atomic E-state index is -0.523. The van der Waals surface area contributed by atoms with Gasteiger partial charge in [0.25, 0.3) is 5.56 Å². The molecule has 0 aliphatic carbocycles. The van der Waals surface area contributed by atoms with Gasteiger partial charge in [-0.05, 0) is 44.7 Å². The van der Waals surface area contributed by atoms with Gasteiger partial charge in [0.2, 0.25) is 11.8 Å². The van der Waals surface area contributed by atoms with Crippen LogP contribution in [-0.2, 0) is 16.1 Å². The molecule has 2 fully saturated rings. The molecule has 1 aromatic carbocycles. The summed E-state index contributed by atoms with van der Waals surface area (Å²) < 4.78 is 1.08. The van der Waals surface area contributed by atoms with Gasteiger partial charge in [0.15, 0.2) is 0 Å². The molecule has 8 nitrogen and oxygen atoms in total. The van der Waals surface area contributed by atoms with Gasteiger partial charge in [-0.1, -0.05) is 11.6 Å². The highest BCUT2D eigenvalue weighted by Crippen LogP contribution is 2.22. The summed E-state index contributed by atoms with van der Waals surface area (Å²) in [6.45, 7) is 3.95. The van der Waals surface area contributed by atoms with Crippen molar-refractivity contribution < 1.29 is 9.59 Å². The van der Waals surface area contributed by atoms with Crippen molar-refractivity contribution >= 4 is 22.7 Å². The van der Waals surface area contributed by atoms with Crippen LogP contribution in [0, 0.1) is 6.92 Å². The third kappa shape index (κ3) is 3.71. The molecule has 1 aromatic heterocycles. The summed E-state index contributed by atoms with van der Waals surface area (Å²) in [4.78, 5) is 56.8. The number of hydrogen-bond acceptors (Lipinski definition) is 4. The van der Waals surface area contributed by atoms with Crippen molar-refractivity contribution in [3.05, 3.63) is 44.6 Å². The Morgan fingerprint density at radius 2 is 1.86 bits per heavy atom. The third-order valence-corrected chi connectivity index (χ3v) is 5.96. The normalized spacial score (nSPS) is 19.3. The minimum absolute atomic E-state index is 0.00198. The Morgan fingerprint density at radius 1 is 1.10 bits per heavy atom. The van der Waals surface area contributed by atoms with E-state index in [1.165, 1.54) is 0 Å². The molecule has 0 spiro atoms. The van der Waals surface area contributed by atoms with Crippen LogP contribution in [0.15, 0.2) is 27.8 Å². The molecule has 2 saturated heterocycles. The van der Waals surface area contributed by atoms with Crippen LogP contribution in [-0.4, -0.2) is 56.8 Å². The summed E-state index contributed by atoms with van der Waals surface area (Å²) >= 11 is 0. The van der Waals surface area contributed by atoms with E-state index in [4.69, 9.17) is 0 Å². The first-order valence-corrected chi connectivity index (χ1v) is 10.3. The lowest BCUT2D eigenvalue weighted by Crippen LogP contribution is -2.47. The molecule has 4 rings (SSSR count). The quantitative estimate of drug-likeness (QED) is 0.831. The van der Waals surface area contributed by atoms with Crippen molar-refractivity contribution in [3.63, 3.8) is 0 Å². The molecule has 154 valence electrons.